The van der Waals surface area contributed by atoms with E-state index in [0.29, 0.717) is 11.3 Å². The fraction of sp³-hybridized carbons (Fsp3) is 0.375. The van der Waals surface area contributed by atoms with Gasteiger partial charge >= 0.3 is 12.1 Å². The summed E-state index contributed by atoms with van der Waals surface area (Å²) in [4.78, 5) is 12.0. The molecule has 0 atom stereocenters. The van der Waals surface area contributed by atoms with Crippen LogP contribution in [-0.4, -0.2) is 22.4 Å². The molecule has 0 aliphatic heterocycles. The van der Waals surface area contributed by atoms with Crippen LogP contribution in [-0.2, 0) is 10.9 Å². The highest BCUT2D eigenvalue weighted by Crippen LogP contribution is 2.31. The Morgan fingerprint density at radius 3 is 2.35 bits per heavy atom. The molecule has 0 saturated carbocycles. The quantitative estimate of drug-likeness (QED) is 0.786. The van der Waals surface area contributed by atoms with Gasteiger partial charge in [-0.2, -0.15) is 18.3 Å². The van der Waals surface area contributed by atoms with Crippen molar-refractivity contribution < 1.29 is 22.7 Å². The minimum Gasteiger partial charge on any atom is -0.461 e. The number of alkyl halides is 3. The molecule has 0 N–H and O–H groups in total. The molecule has 0 amide bonds. The van der Waals surface area contributed by atoms with E-state index in [2.05, 4.69) is 5.10 Å². The van der Waals surface area contributed by atoms with Gasteiger partial charge in [-0.25, -0.2) is 4.79 Å². The zero-order valence-corrected chi connectivity index (χ0v) is 13.0. The van der Waals surface area contributed by atoms with Crippen LogP contribution in [0, 0.1) is 0 Å². The van der Waals surface area contributed by atoms with Gasteiger partial charge < -0.3 is 4.74 Å². The molecular weight excluding hydrogens is 309 g/mol. The van der Waals surface area contributed by atoms with Crippen LogP contribution >= 0.6 is 0 Å². The van der Waals surface area contributed by atoms with Crippen molar-refractivity contribution in [3.8, 4) is 11.3 Å². The lowest BCUT2D eigenvalue weighted by Gasteiger charge is -2.09. The van der Waals surface area contributed by atoms with Gasteiger partial charge in [-0.05, 0) is 39.0 Å². The molecule has 1 aromatic heterocycles. The van der Waals surface area contributed by atoms with Crippen LogP contribution in [0.4, 0.5) is 13.2 Å². The van der Waals surface area contributed by atoms with E-state index in [4.69, 9.17) is 4.74 Å². The van der Waals surface area contributed by atoms with Crippen LogP contribution < -0.4 is 0 Å². The second-order valence-corrected chi connectivity index (χ2v) is 5.25. The molecule has 0 radical (unpaired) electrons. The van der Waals surface area contributed by atoms with Crippen LogP contribution in [0.1, 0.15) is 42.9 Å². The maximum atomic E-state index is 12.6. The number of carbonyl (C=O) groups is 1. The number of rotatable bonds is 4. The monoisotopic (exact) mass is 326 g/mol. The van der Waals surface area contributed by atoms with Crippen molar-refractivity contribution in [2.75, 3.05) is 6.61 Å². The van der Waals surface area contributed by atoms with Crippen LogP contribution in [0.5, 0.6) is 0 Å². The lowest BCUT2D eigenvalue weighted by molar-refractivity contribution is -0.137. The SMILES string of the molecule is CCOC(=O)c1cc(-c2ccc(C(F)(F)F)cc2)nn1C(C)C. The van der Waals surface area contributed by atoms with Gasteiger partial charge in [0, 0.05) is 11.6 Å². The first-order valence-corrected chi connectivity index (χ1v) is 7.18. The molecule has 0 aliphatic rings. The van der Waals surface area contributed by atoms with Crippen molar-refractivity contribution >= 4 is 5.97 Å². The molecule has 2 rings (SSSR count). The summed E-state index contributed by atoms with van der Waals surface area (Å²) in [5.41, 5.74) is 0.477. The van der Waals surface area contributed by atoms with Crippen molar-refractivity contribution in [2.45, 2.75) is 33.0 Å². The highest BCUT2D eigenvalue weighted by molar-refractivity contribution is 5.89. The normalized spacial score (nSPS) is 11.8. The van der Waals surface area contributed by atoms with Gasteiger partial charge in [0.15, 0.2) is 0 Å². The van der Waals surface area contributed by atoms with Gasteiger partial charge in [0.1, 0.15) is 5.69 Å². The third-order valence-electron chi connectivity index (χ3n) is 3.22. The molecule has 4 nitrogen and oxygen atoms in total. The number of carbonyl (C=O) groups excluding carboxylic acids is 1. The minimum atomic E-state index is -4.38. The highest BCUT2D eigenvalue weighted by atomic mass is 19.4. The van der Waals surface area contributed by atoms with E-state index in [9.17, 15) is 18.0 Å². The summed E-state index contributed by atoms with van der Waals surface area (Å²) in [7, 11) is 0. The topological polar surface area (TPSA) is 44.1 Å². The zero-order valence-electron chi connectivity index (χ0n) is 13.0. The lowest BCUT2D eigenvalue weighted by atomic mass is 10.1. The van der Waals surface area contributed by atoms with Gasteiger partial charge in [-0.15, -0.1) is 0 Å². The molecule has 1 aromatic carbocycles. The molecule has 7 heteroatoms. The molecule has 124 valence electrons. The predicted molar refractivity (Wildman–Crippen MR) is 79.0 cm³/mol. The average molecular weight is 326 g/mol. The third kappa shape index (κ3) is 3.72. The van der Waals surface area contributed by atoms with Crippen molar-refractivity contribution in [1.29, 1.82) is 0 Å². The highest BCUT2D eigenvalue weighted by Gasteiger charge is 2.30. The minimum absolute atomic E-state index is 0.0856. The van der Waals surface area contributed by atoms with E-state index in [1.54, 1.807) is 6.92 Å². The molecular formula is C16H17F3N2O2. The van der Waals surface area contributed by atoms with E-state index in [1.165, 1.54) is 22.9 Å². The first kappa shape index (κ1) is 17.1. The summed E-state index contributed by atoms with van der Waals surface area (Å²) < 4.78 is 44.3. The third-order valence-corrected chi connectivity index (χ3v) is 3.22. The van der Waals surface area contributed by atoms with Crippen LogP contribution in [0.15, 0.2) is 30.3 Å². The molecule has 0 spiro atoms. The molecule has 23 heavy (non-hydrogen) atoms. The molecule has 0 aliphatic carbocycles. The smallest absolute Gasteiger partial charge is 0.416 e. The maximum Gasteiger partial charge on any atom is 0.416 e. The number of benzene rings is 1. The average Bonchev–Trinajstić information content (AvgIpc) is 2.92. The van der Waals surface area contributed by atoms with Gasteiger partial charge in [-0.3, -0.25) is 4.68 Å². The van der Waals surface area contributed by atoms with E-state index >= 15 is 0 Å². The summed E-state index contributed by atoms with van der Waals surface area (Å²) >= 11 is 0. The maximum absolute atomic E-state index is 12.6. The number of esters is 1. The van der Waals surface area contributed by atoms with Crippen LogP contribution in [0.3, 0.4) is 0 Å². The van der Waals surface area contributed by atoms with Crippen LogP contribution in [0.25, 0.3) is 11.3 Å². The van der Waals surface area contributed by atoms with Gasteiger partial charge in [0.25, 0.3) is 0 Å². The summed E-state index contributed by atoms with van der Waals surface area (Å²) in [5.74, 6) is -0.508. The summed E-state index contributed by atoms with van der Waals surface area (Å²) in [6, 6.07) is 6.11. The zero-order chi connectivity index (χ0) is 17.2. The second-order valence-electron chi connectivity index (χ2n) is 5.25. The van der Waals surface area contributed by atoms with E-state index in [1.807, 2.05) is 13.8 Å². The van der Waals surface area contributed by atoms with Crippen molar-refractivity contribution in [3.05, 3.63) is 41.6 Å². The molecule has 0 fully saturated rings. The van der Waals surface area contributed by atoms with E-state index in [0.717, 1.165) is 12.1 Å². The Labute approximate surface area is 131 Å². The van der Waals surface area contributed by atoms with Crippen molar-refractivity contribution in [3.63, 3.8) is 0 Å². The number of hydrogen-bond acceptors (Lipinski definition) is 3. The molecule has 0 bridgehead atoms. The molecule has 0 saturated heterocycles. The number of aromatic nitrogens is 2. The van der Waals surface area contributed by atoms with Crippen LogP contribution in [0.2, 0.25) is 0 Å². The Bertz CT molecular complexity index is 688. The molecule has 1 heterocycles. The van der Waals surface area contributed by atoms with Crippen molar-refractivity contribution in [1.82, 2.24) is 9.78 Å². The standard InChI is InChI=1S/C16H17F3N2O2/c1-4-23-15(22)14-9-13(20-21(14)10(2)3)11-5-7-12(8-6-11)16(17,18)19/h5-10H,4H2,1-3H3. The summed E-state index contributed by atoms with van der Waals surface area (Å²) in [6.45, 7) is 5.64. The number of halogens is 3. The molecule has 0 unspecified atom stereocenters. The van der Waals surface area contributed by atoms with Gasteiger partial charge in [0.05, 0.1) is 17.9 Å². The van der Waals surface area contributed by atoms with E-state index < -0.39 is 17.7 Å². The largest absolute Gasteiger partial charge is 0.461 e. The summed E-state index contributed by atoms with van der Waals surface area (Å²) in [6.07, 6.45) is -4.38. The number of nitrogens with zero attached hydrogens (tertiary/aromatic N) is 2. The predicted octanol–water partition coefficient (Wildman–Crippen LogP) is 4.33. The number of ether oxygens (including phenoxy) is 1. The summed E-state index contributed by atoms with van der Waals surface area (Å²) in [5, 5.41) is 4.31. The Hall–Kier alpha value is -2.31. The number of hydrogen-bond donors (Lipinski definition) is 0. The lowest BCUT2D eigenvalue weighted by Crippen LogP contribution is -2.14. The van der Waals surface area contributed by atoms with Crippen molar-refractivity contribution in [2.24, 2.45) is 0 Å². The Kier molecular flexibility index (Phi) is 4.77. The first-order chi connectivity index (χ1) is 10.7. The second kappa shape index (κ2) is 6.44. The fourth-order valence-electron chi connectivity index (χ4n) is 2.12. The Balaban J connectivity index is 2.40. The Morgan fingerprint density at radius 1 is 1.26 bits per heavy atom. The van der Waals surface area contributed by atoms with Gasteiger partial charge in [-0.1, -0.05) is 12.1 Å². The molecule has 2 aromatic rings. The first-order valence-electron chi connectivity index (χ1n) is 7.18. The van der Waals surface area contributed by atoms with E-state index in [-0.39, 0.29) is 18.3 Å². The Morgan fingerprint density at radius 2 is 1.87 bits per heavy atom. The fourth-order valence-corrected chi connectivity index (χ4v) is 2.12. The van der Waals surface area contributed by atoms with Gasteiger partial charge in [0.2, 0.25) is 0 Å².